The van der Waals surface area contributed by atoms with Crippen LogP contribution in [0, 0.1) is 0 Å². The first kappa shape index (κ1) is 28.7. The molecule has 7 aromatic carbocycles. The second-order valence-electron chi connectivity index (χ2n) is 12.8. The van der Waals surface area contributed by atoms with Crippen molar-refractivity contribution in [2.24, 2.45) is 0 Å². The van der Waals surface area contributed by atoms with Gasteiger partial charge < -0.3 is 0 Å². The topological polar surface area (TPSA) is 17.8 Å². The maximum atomic E-state index is 4.92. The summed E-state index contributed by atoms with van der Waals surface area (Å²) in [6.45, 7) is 0. The maximum Gasteiger partial charge on any atom is 0.138 e. The number of nitrogens with zero attached hydrogens (tertiary/aromatic N) is 2. The number of hydrogen-bond donors (Lipinski definition) is 0. The molecule has 10 rings (SSSR count). The standard InChI is InChI=1S/C47H30N2S/c1-2-10-31(11-3-1)34-12-8-13-35(28-34)32-20-22-33(23-21-32)36-26-27-48-46(30-36)49-43-18-6-4-14-39(43)42-29-37(24-25-44(42)49)38-16-9-17-41-40-15-5-7-19-45(40)50-47(38)41/h1-30H. The Bertz CT molecular complexity index is 2860. The lowest BCUT2D eigenvalue weighted by Gasteiger charge is -2.11. The van der Waals surface area contributed by atoms with Gasteiger partial charge in [-0.3, -0.25) is 4.57 Å². The van der Waals surface area contributed by atoms with Crippen molar-refractivity contribution in [3.63, 3.8) is 0 Å². The van der Waals surface area contributed by atoms with Crippen LogP contribution < -0.4 is 0 Å². The van der Waals surface area contributed by atoms with E-state index >= 15 is 0 Å². The van der Waals surface area contributed by atoms with Gasteiger partial charge in [-0.1, -0.05) is 133 Å². The summed E-state index contributed by atoms with van der Waals surface area (Å²) in [7, 11) is 0. The highest BCUT2D eigenvalue weighted by Gasteiger charge is 2.16. The van der Waals surface area contributed by atoms with Gasteiger partial charge in [-0.25, -0.2) is 4.98 Å². The van der Waals surface area contributed by atoms with Gasteiger partial charge in [-0.2, -0.15) is 0 Å². The van der Waals surface area contributed by atoms with Gasteiger partial charge in [0, 0.05) is 37.1 Å². The third-order valence-electron chi connectivity index (χ3n) is 9.88. The first-order valence-electron chi connectivity index (χ1n) is 17.0. The van der Waals surface area contributed by atoms with Gasteiger partial charge in [0.1, 0.15) is 5.82 Å². The van der Waals surface area contributed by atoms with Crippen LogP contribution >= 0.6 is 11.3 Å². The molecule has 0 saturated heterocycles. The fourth-order valence-electron chi connectivity index (χ4n) is 7.45. The summed E-state index contributed by atoms with van der Waals surface area (Å²) in [5, 5.41) is 5.10. The number of benzene rings is 7. The molecule has 0 aliphatic rings. The van der Waals surface area contributed by atoms with Crippen molar-refractivity contribution >= 4 is 53.3 Å². The Morgan fingerprint density at radius 2 is 0.980 bits per heavy atom. The molecule has 0 aliphatic carbocycles. The fourth-order valence-corrected chi connectivity index (χ4v) is 8.68. The van der Waals surface area contributed by atoms with E-state index in [0.717, 1.165) is 28.0 Å². The van der Waals surface area contributed by atoms with E-state index in [1.54, 1.807) is 0 Å². The summed E-state index contributed by atoms with van der Waals surface area (Å²) in [6, 6.07) is 63.5. The lowest BCUT2D eigenvalue weighted by molar-refractivity contribution is 1.08. The summed E-state index contributed by atoms with van der Waals surface area (Å²) in [4.78, 5) is 4.92. The molecule has 0 saturated carbocycles. The van der Waals surface area contributed by atoms with Crippen LogP contribution in [0.2, 0.25) is 0 Å². The Kier molecular flexibility index (Phi) is 6.71. The van der Waals surface area contributed by atoms with E-state index in [1.165, 1.54) is 64.3 Å². The van der Waals surface area contributed by atoms with Gasteiger partial charge in [0.25, 0.3) is 0 Å². The van der Waals surface area contributed by atoms with Gasteiger partial charge in [0.05, 0.1) is 11.0 Å². The molecule has 234 valence electrons. The molecule has 0 amide bonds. The smallest absolute Gasteiger partial charge is 0.138 e. The van der Waals surface area contributed by atoms with Crippen molar-refractivity contribution in [1.29, 1.82) is 0 Å². The molecule has 0 radical (unpaired) electrons. The zero-order chi connectivity index (χ0) is 33.0. The summed E-state index contributed by atoms with van der Waals surface area (Å²) in [5.41, 5.74) is 12.0. The van der Waals surface area contributed by atoms with Crippen molar-refractivity contribution in [2.75, 3.05) is 0 Å². The lowest BCUT2D eigenvalue weighted by atomic mass is 9.97. The molecule has 3 heteroatoms. The van der Waals surface area contributed by atoms with Crippen LogP contribution in [0.1, 0.15) is 0 Å². The molecule has 0 bridgehead atoms. The number of thiophene rings is 1. The number of rotatable bonds is 5. The number of aromatic nitrogens is 2. The lowest BCUT2D eigenvalue weighted by Crippen LogP contribution is -1.97. The average Bonchev–Trinajstić information content (AvgIpc) is 3.74. The summed E-state index contributed by atoms with van der Waals surface area (Å²) < 4.78 is 4.97. The summed E-state index contributed by atoms with van der Waals surface area (Å²) in [5.74, 6) is 0.910. The van der Waals surface area contributed by atoms with E-state index in [4.69, 9.17) is 4.98 Å². The van der Waals surface area contributed by atoms with Crippen LogP contribution in [0.15, 0.2) is 182 Å². The monoisotopic (exact) mass is 654 g/mol. The molecular formula is C47H30N2S. The SMILES string of the molecule is c1ccc(-c2cccc(-c3ccc(-c4ccnc(-n5c6ccccc6c6cc(-c7cccc8c7sc7ccccc78)ccc65)c4)cc3)c2)cc1. The first-order chi connectivity index (χ1) is 24.8. The highest BCUT2D eigenvalue weighted by Crippen LogP contribution is 2.42. The predicted molar refractivity (Wildman–Crippen MR) is 213 cm³/mol. The quantitative estimate of drug-likeness (QED) is 0.181. The molecule has 10 aromatic rings. The number of hydrogen-bond acceptors (Lipinski definition) is 2. The predicted octanol–water partition coefficient (Wildman–Crippen LogP) is 13.2. The molecule has 3 heterocycles. The van der Waals surface area contributed by atoms with E-state index in [9.17, 15) is 0 Å². The van der Waals surface area contributed by atoms with Gasteiger partial charge in [-0.15, -0.1) is 11.3 Å². The molecule has 0 aliphatic heterocycles. The molecule has 0 N–H and O–H groups in total. The third-order valence-corrected chi connectivity index (χ3v) is 11.1. The number of fused-ring (bicyclic) bond motifs is 6. The molecule has 0 spiro atoms. The molecule has 0 atom stereocenters. The minimum atomic E-state index is 0.910. The van der Waals surface area contributed by atoms with Gasteiger partial charge in [0.15, 0.2) is 0 Å². The van der Waals surface area contributed by atoms with E-state index in [1.807, 2.05) is 17.5 Å². The van der Waals surface area contributed by atoms with Crippen LogP contribution in [-0.4, -0.2) is 9.55 Å². The Balaban J connectivity index is 1.04. The van der Waals surface area contributed by atoms with E-state index in [2.05, 4.69) is 180 Å². The molecule has 0 fully saturated rings. The zero-order valence-corrected chi connectivity index (χ0v) is 27.9. The van der Waals surface area contributed by atoms with Crippen LogP contribution in [0.25, 0.3) is 92.3 Å². The second-order valence-corrected chi connectivity index (χ2v) is 13.8. The van der Waals surface area contributed by atoms with Crippen molar-refractivity contribution in [3.05, 3.63) is 182 Å². The third kappa shape index (κ3) is 4.74. The second kappa shape index (κ2) is 11.7. The van der Waals surface area contributed by atoms with Crippen molar-refractivity contribution < 1.29 is 0 Å². The maximum absolute atomic E-state index is 4.92. The van der Waals surface area contributed by atoms with E-state index in [-0.39, 0.29) is 0 Å². The summed E-state index contributed by atoms with van der Waals surface area (Å²) >= 11 is 1.88. The van der Waals surface area contributed by atoms with Gasteiger partial charge in [0.2, 0.25) is 0 Å². The zero-order valence-electron chi connectivity index (χ0n) is 27.1. The number of pyridine rings is 1. The Hall–Kier alpha value is -6.29. The minimum absolute atomic E-state index is 0.910. The van der Waals surface area contributed by atoms with Crippen molar-refractivity contribution in [3.8, 4) is 50.3 Å². The van der Waals surface area contributed by atoms with Crippen molar-refractivity contribution in [1.82, 2.24) is 9.55 Å². The Labute approximate surface area is 294 Å². The van der Waals surface area contributed by atoms with E-state index < -0.39 is 0 Å². The first-order valence-corrected chi connectivity index (χ1v) is 17.8. The molecular weight excluding hydrogens is 625 g/mol. The normalized spacial score (nSPS) is 11.6. The molecule has 50 heavy (non-hydrogen) atoms. The fraction of sp³-hybridized carbons (Fsp3) is 0. The van der Waals surface area contributed by atoms with Gasteiger partial charge >= 0.3 is 0 Å². The highest BCUT2D eigenvalue weighted by molar-refractivity contribution is 7.26. The van der Waals surface area contributed by atoms with Crippen molar-refractivity contribution in [2.45, 2.75) is 0 Å². The van der Waals surface area contributed by atoms with Crippen LogP contribution in [0.3, 0.4) is 0 Å². The average molecular weight is 655 g/mol. The Morgan fingerprint density at radius 3 is 1.80 bits per heavy atom. The van der Waals surface area contributed by atoms with Crippen LogP contribution in [-0.2, 0) is 0 Å². The Morgan fingerprint density at radius 1 is 0.380 bits per heavy atom. The molecule has 2 nitrogen and oxygen atoms in total. The molecule has 3 aromatic heterocycles. The van der Waals surface area contributed by atoms with Gasteiger partial charge in [-0.05, 0) is 87.0 Å². The minimum Gasteiger partial charge on any atom is -0.294 e. The van der Waals surface area contributed by atoms with Crippen LogP contribution in [0.4, 0.5) is 0 Å². The van der Waals surface area contributed by atoms with Crippen LogP contribution in [0.5, 0.6) is 0 Å². The van der Waals surface area contributed by atoms with E-state index in [0.29, 0.717) is 0 Å². The highest BCUT2D eigenvalue weighted by atomic mass is 32.1. The number of para-hydroxylation sites is 1. The molecule has 0 unspecified atom stereocenters. The summed E-state index contributed by atoms with van der Waals surface area (Å²) in [6.07, 6.45) is 1.93. The largest absolute Gasteiger partial charge is 0.294 e.